The summed E-state index contributed by atoms with van der Waals surface area (Å²) < 4.78 is 0. The first kappa shape index (κ1) is 18.5. The van der Waals surface area contributed by atoms with Gasteiger partial charge in [-0.25, -0.2) is 4.98 Å². The minimum absolute atomic E-state index is 0.106. The first-order valence-corrected chi connectivity index (χ1v) is 9.08. The summed E-state index contributed by atoms with van der Waals surface area (Å²) in [6, 6.07) is 16.8. The molecule has 6 heteroatoms. The molecule has 3 aromatic rings. The SMILES string of the molecule is CCC(C)C(NC(=O)CNc1ccc(C#N)cc1)c1nc2ccccc2[nH]1. The van der Waals surface area contributed by atoms with Gasteiger partial charge in [-0.2, -0.15) is 5.26 Å². The summed E-state index contributed by atoms with van der Waals surface area (Å²) in [7, 11) is 0. The monoisotopic (exact) mass is 361 g/mol. The molecule has 3 rings (SSSR count). The van der Waals surface area contributed by atoms with Crippen LogP contribution in [-0.4, -0.2) is 22.4 Å². The van der Waals surface area contributed by atoms with Crippen LogP contribution in [0.4, 0.5) is 5.69 Å². The molecule has 3 N–H and O–H groups in total. The summed E-state index contributed by atoms with van der Waals surface area (Å²) in [6.45, 7) is 4.35. The molecule has 138 valence electrons. The molecule has 0 saturated carbocycles. The van der Waals surface area contributed by atoms with Gasteiger partial charge in [0, 0.05) is 5.69 Å². The van der Waals surface area contributed by atoms with Crippen LogP contribution in [-0.2, 0) is 4.79 Å². The largest absolute Gasteiger partial charge is 0.376 e. The molecule has 0 aliphatic carbocycles. The molecule has 0 aliphatic heterocycles. The number of benzene rings is 2. The second-order valence-corrected chi connectivity index (χ2v) is 6.61. The first-order valence-electron chi connectivity index (χ1n) is 9.08. The third-order valence-electron chi connectivity index (χ3n) is 4.70. The van der Waals surface area contributed by atoms with Gasteiger partial charge in [-0.3, -0.25) is 4.79 Å². The van der Waals surface area contributed by atoms with Crippen LogP contribution in [0.1, 0.15) is 37.7 Å². The molecule has 2 aromatic carbocycles. The molecular formula is C21H23N5O. The number of hydrogen-bond donors (Lipinski definition) is 3. The van der Waals surface area contributed by atoms with Crippen LogP contribution in [0.5, 0.6) is 0 Å². The van der Waals surface area contributed by atoms with Crippen molar-refractivity contribution in [2.45, 2.75) is 26.3 Å². The lowest BCUT2D eigenvalue weighted by atomic mass is 9.98. The Bertz CT molecular complexity index is 922. The minimum Gasteiger partial charge on any atom is -0.376 e. The van der Waals surface area contributed by atoms with Crippen molar-refractivity contribution in [3.8, 4) is 6.07 Å². The van der Waals surface area contributed by atoms with Gasteiger partial charge in [-0.05, 0) is 42.3 Å². The fourth-order valence-corrected chi connectivity index (χ4v) is 2.91. The second kappa shape index (κ2) is 8.37. The number of imidazole rings is 1. The number of amides is 1. The van der Waals surface area contributed by atoms with Crippen molar-refractivity contribution in [2.24, 2.45) is 5.92 Å². The molecule has 2 unspecified atom stereocenters. The minimum atomic E-state index is -0.183. The number of hydrogen-bond acceptors (Lipinski definition) is 4. The molecule has 0 saturated heterocycles. The molecule has 0 aliphatic rings. The average molecular weight is 361 g/mol. The number of aromatic nitrogens is 2. The number of rotatable bonds is 7. The first-order chi connectivity index (χ1) is 13.1. The fraction of sp³-hybridized carbons (Fsp3) is 0.286. The number of aromatic amines is 1. The van der Waals surface area contributed by atoms with E-state index in [1.165, 1.54) is 0 Å². The van der Waals surface area contributed by atoms with E-state index in [0.717, 1.165) is 29.0 Å². The van der Waals surface area contributed by atoms with Crippen LogP contribution in [0.15, 0.2) is 48.5 Å². The lowest BCUT2D eigenvalue weighted by Gasteiger charge is -2.22. The van der Waals surface area contributed by atoms with E-state index in [0.29, 0.717) is 5.56 Å². The maximum Gasteiger partial charge on any atom is 0.239 e. The summed E-state index contributed by atoms with van der Waals surface area (Å²) in [4.78, 5) is 20.5. The van der Waals surface area contributed by atoms with Crippen LogP contribution in [0, 0.1) is 17.2 Å². The van der Waals surface area contributed by atoms with Crippen molar-refractivity contribution < 1.29 is 4.79 Å². The molecule has 0 fully saturated rings. The van der Waals surface area contributed by atoms with E-state index in [1.54, 1.807) is 24.3 Å². The highest BCUT2D eigenvalue weighted by Crippen LogP contribution is 2.24. The van der Waals surface area contributed by atoms with Gasteiger partial charge in [0.2, 0.25) is 5.91 Å². The highest BCUT2D eigenvalue weighted by atomic mass is 16.2. The van der Waals surface area contributed by atoms with E-state index in [1.807, 2.05) is 24.3 Å². The molecule has 0 radical (unpaired) electrons. The zero-order valence-corrected chi connectivity index (χ0v) is 15.5. The van der Waals surface area contributed by atoms with E-state index >= 15 is 0 Å². The van der Waals surface area contributed by atoms with Gasteiger partial charge in [0.15, 0.2) is 0 Å². The van der Waals surface area contributed by atoms with Gasteiger partial charge in [0.05, 0.1) is 35.3 Å². The number of para-hydroxylation sites is 2. The Morgan fingerprint density at radius 3 is 2.63 bits per heavy atom. The van der Waals surface area contributed by atoms with E-state index in [-0.39, 0.29) is 24.4 Å². The maximum atomic E-state index is 12.5. The number of carbonyl (C=O) groups excluding carboxylic acids is 1. The van der Waals surface area contributed by atoms with E-state index in [2.05, 4.69) is 40.5 Å². The number of carbonyl (C=O) groups is 1. The number of nitrogens with one attached hydrogen (secondary N) is 3. The number of nitriles is 1. The van der Waals surface area contributed by atoms with Gasteiger partial charge < -0.3 is 15.6 Å². The van der Waals surface area contributed by atoms with Gasteiger partial charge in [-0.1, -0.05) is 32.4 Å². The van der Waals surface area contributed by atoms with Gasteiger partial charge in [0.1, 0.15) is 5.82 Å². The van der Waals surface area contributed by atoms with Crippen LogP contribution in [0.3, 0.4) is 0 Å². The Labute approximate surface area is 158 Å². The number of anilines is 1. The van der Waals surface area contributed by atoms with E-state index in [9.17, 15) is 4.79 Å². The van der Waals surface area contributed by atoms with Crippen molar-refractivity contribution >= 4 is 22.6 Å². The Morgan fingerprint density at radius 1 is 1.22 bits per heavy atom. The Hall–Kier alpha value is -3.33. The third kappa shape index (κ3) is 4.45. The summed E-state index contributed by atoms with van der Waals surface area (Å²) in [5.74, 6) is 0.909. The Morgan fingerprint density at radius 2 is 1.96 bits per heavy atom. The molecule has 0 bridgehead atoms. The predicted molar refractivity (Wildman–Crippen MR) is 106 cm³/mol. The molecule has 6 nitrogen and oxygen atoms in total. The Kier molecular flexibility index (Phi) is 5.72. The maximum absolute atomic E-state index is 12.5. The standard InChI is InChI=1S/C21H23N5O/c1-3-14(2)20(21-24-17-6-4-5-7-18(17)25-21)26-19(27)13-23-16-10-8-15(12-22)9-11-16/h4-11,14,20,23H,3,13H2,1-2H3,(H,24,25)(H,26,27). The summed E-state index contributed by atoms with van der Waals surface area (Å²) in [5.41, 5.74) is 3.25. The van der Waals surface area contributed by atoms with Crippen LogP contribution >= 0.6 is 0 Å². The highest BCUT2D eigenvalue weighted by molar-refractivity contribution is 5.81. The number of H-pyrrole nitrogens is 1. The van der Waals surface area contributed by atoms with Gasteiger partial charge >= 0.3 is 0 Å². The number of fused-ring (bicyclic) bond motifs is 1. The normalized spacial score (nSPS) is 12.9. The molecule has 0 spiro atoms. The van der Waals surface area contributed by atoms with Crippen LogP contribution < -0.4 is 10.6 Å². The van der Waals surface area contributed by atoms with Crippen molar-refractivity contribution in [1.82, 2.24) is 15.3 Å². The average Bonchev–Trinajstić information content (AvgIpc) is 3.14. The lowest BCUT2D eigenvalue weighted by molar-refractivity contribution is -0.120. The molecule has 1 heterocycles. The predicted octanol–water partition coefficient (Wildman–Crippen LogP) is 3.75. The van der Waals surface area contributed by atoms with E-state index in [4.69, 9.17) is 5.26 Å². The van der Waals surface area contributed by atoms with Gasteiger partial charge in [0.25, 0.3) is 0 Å². The molecule has 27 heavy (non-hydrogen) atoms. The summed E-state index contributed by atoms with van der Waals surface area (Å²) in [6.07, 6.45) is 0.922. The summed E-state index contributed by atoms with van der Waals surface area (Å²) in [5, 5.41) is 15.0. The highest BCUT2D eigenvalue weighted by Gasteiger charge is 2.23. The van der Waals surface area contributed by atoms with Gasteiger partial charge in [-0.15, -0.1) is 0 Å². The zero-order chi connectivity index (χ0) is 19.2. The van der Waals surface area contributed by atoms with Crippen molar-refractivity contribution in [3.63, 3.8) is 0 Å². The second-order valence-electron chi connectivity index (χ2n) is 6.61. The topological polar surface area (TPSA) is 93.6 Å². The number of nitrogens with zero attached hydrogens (tertiary/aromatic N) is 2. The zero-order valence-electron chi connectivity index (χ0n) is 15.5. The third-order valence-corrected chi connectivity index (χ3v) is 4.70. The molecule has 2 atom stereocenters. The van der Waals surface area contributed by atoms with Crippen LogP contribution in [0.25, 0.3) is 11.0 Å². The summed E-state index contributed by atoms with van der Waals surface area (Å²) >= 11 is 0. The molecule has 1 amide bonds. The lowest BCUT2D eigenvalue weighted by Crippen LogP contribution is -2.36. The van der Waals surface area contributed by atoms with Crippen molar-refractivity contribution in [2.75, 3.05) is 11.9 Å². The smallest absolute Gasteiger partial charge is 0.239 e. The van der Waals surface area contributed by atoms with E-state index < -0.39 is 0 Å². The van der Waals surface area contributed by atoms with Crippen molar-refractivity contribution in [1.29, 1.82) is 5.26 Å². The molecular weight excluding hydrogens is 338 g/mol. The molecule has 1 aromatic heterocycles. The fourth-order valence-electron chi connectivity index (χ4n) is 2.91. The quantitative estimate of drug-likeness (QED) is 0.597. The van der Waals surface area contributed by atoms with Crippen LogP contribution in [0.2, 0.25) is 0 Å². The van der Waals surface area contributed by atoms with Crippen molar-refractivity contribution in [3.05, 3.63) is 59.9 Å². The Balaban J connectivity index is 1.68.